The van der Waals surface area contributed by atoms with Crippen molar-refractivity contribution in [2.75, 3.05) is 6.61 Å². The van der Waals surface area contributed by atoms with Crippen molar-refractivity contribution in [2.24, 2.45) is 0 Å². The molecular formula is C11H10ClF3O. The molecule has 1 aromatic rings. The average Bonchev–Trinajstić information content (AvgIpc) is 2.19. The molecule has 0 saturated heterocycles. The molecular weight excluding hydrogens is 241 g/mol. The Bertz CT molecular complexity index is 385. The van der Waals surface area contributed by atoms with Gasteiger partial charge in [0.05, 0.1) is 10.6 Å². The summed E-state index contributed by atoms with van der Waals surface area (Å²) in [6.07, 6.45) is -0.924. The highest BCUT2D eigenvalue weighted by Crippen LogP contribution is 2.35. The van der Waals surface area contributed by atoms with Crippen molar-refractivity contribution >= 4 is 17.7 Å². The van der Waals surface area contributed by atoms with Gasteiger partial charge >= 0.3 is 6.18 Å². The summed E-state index contributed by atoms with van der Waals surface area (Å²) < 4.78 is 37.4. The normalized spacial score (nSPS) is 12.3. The quantitative estimate of drug-likeness (QED) is 0.866. The van der Waals surface area contributed by atoms with Gasteiger partial charge in [-0.15, -0.1) is 0 Å². The van der Waals surface area contributed by atoms with Gasteiger partial charge in [-0.3, -0.25) is 0 Å². The Balaban J connectivity index is 2.99. The van der Waals surface area contributed by atoms with E-state index >= 15 is 0 Å². The third-order valence-electron chi connectivity index (χ3n) is 1.90. The van der Waals surface area contributed by atoms with Crippen LogP contribution in [0, 0.1) is 0 Å². The van der Waals surface area contributed by atoms with Crippen LogP contribution in [0.4, 0.5) is 13.2 Å². The molecule has 0 aliphatic rings. The molecule has 0 radical (unpaired) electrons. The molecule has 0 aliphatic heterocycles. The van der Waals surface area contributed by atoms with E-state index in [-0.39, 0.29) is 11.6 Å². The van der Waals surface area contributed by atoms with Gasteiger partial charge in [0.15, 0.2) is 0 Å². The standard InChI is InChI=1S/C11H10ClF3O/c12-10-5-4-8(3-1-2-6-16)7-9(10)11(13,14)15/h1,3-5,7,16H,2,6H2. The summed E-state index contributed by atoms with van der Waals surface area (Å²) >= 11 is 5.46. The number of benzene rings is 1. The van der Waals surface area contributed by atoms with Gasteiger partial charge in [-0.2, -0.15) is 13.2 Å². The van der Waals surface area contributed by atoms with Crippen molar-refractivity contribution in [3.8, 4) is 0 Å². The Morgan fingerprint density at radius 2 is 2.00 bits per heavy atom. The second-order valence-corrected chi connectivity index (χ2v) is 3.56. The Kier molecular flexibility index (Phi) is 4.38. The topological polar surface area (TPSA) is 20.2 Å². The van der Waals surface area contributed by atoms with Gasteiger partial charge in [0.25, 0.3) is 0 Å². The van der Waals surface area contributed by atoms with Crippen molar-refractivity contribution in [1.29, 1.82) is 0 Å². The maximum absolute atomic E-state index is 12.5. The van der Waals surface area contributed by atoms with E-state index in [9.17, 15) is 13.2 Å². The second-order valence-electron chi connectivity index (χ2n) is 3.15. The van der Waals surface area contributed by atoms with E-state index < -0.39 is 11.7 Å². The predicted molar refractivity (Wildman–Crippen MR) is 57.2 cm³/mol. The molecule has 0 saturated carbocycles. The van der Waals surface area contributed by atoms with E-state index in [4.69, 9.17) is 16.7 Å². The van der Waals surface area contributed by atoms with Crippen LogP contribution in [0.5, 0.6) is 0 Å². The number of rotatable bonds is 3. The summed E-state index contributed by atoms with van der Waals surface area (Å²) in [7, 11) is 0. The smallest absolute Gasteiger partial charge is 0.396 e. The third kappa shape index (κ3) is 3.54. The van der Waals surface area contributed by atoms with E-state index in [1.165, 1.54) is 18.2 Å². The maximum Gasteiger partial charge on any atom is 0.417 e. The Hall–Kier alpha value is -1.00. The lowest BCUT2D eigenvalue weighted by Crippen LogP contribution is -2.05. The van der Waals surface area contributed by atoms with Gasteiger partial charge < -0.3 is 5.11 Å². The highest BCUT2D eigenvalue weighted by molar-refractivity contribution is 6.31. The van der Waals surface area contributed by atoms with Crippen LogP contribution in [0.2, 0.25) is 5.02 Å². The molecule has 16 heavy (non-hydrogen) atoms. The lowest BCUT2D eigenvalue weighted by Gasteiger charge is -2.09. The molecule has 0 bridgehead atoms. The van der Waals surface area contributed by atoms with Gasteiger partial charge in [-0.25, -0.2) is 0 Å². The number of hydrogen-bond donors (Lipinski definition) is 1. The van der Waals surface area contributed by atoms with Crippen LogP contribution < -0.4 is 0 Å². The Morgan fingerprint density at radius 3 is 2.56 bits per heavy atom. The van der Waals surface area contributed by atoms with Crippen molar-refractivity contribution in [3.63, 3.8) is 0 Å². The Labute approximate surface area is 96.2 Å². The van der Waals surface area contributed by atoms with E-state index in [1.54, 1.807) is 6.08 Å². The first kappa shape index (κ1) is 13.1. The number of alkyl halides is 3. The summed E-state index contributed by atoms with van der Waals surface area (Å²) in [5.74, 6) is 0. The molecule has 0 aromatic heterocycles. The van der Waals surface area contributed by atoms with Crippen LogP contribution in [0.15, 0.2) is 24.3 Å². The first-order valence-corrected chi connectivity index (χ1v) is 4.97. The first-order valence-electron chi connectivity index (χ1n) is 4.59. The molecule has 0 amide bonds. The van der Waals surface area contributed by atoms with Crippen molar-refractivity contribution < 1.29 is 18.3 Å². The zero-order valence-corrected chi connectivity index (χ0v) is 9.02. The zero-order valence-electron chi connectivity index (χ0n) is 8.26. The third-order valence-corrected chi connectivity index (χ3v) is 2.23. The minimum Gasteiger partial charge on any atom is -0.396 e. The molecule has 0 fully saturated rings. The highest BCUT2D eigenvalue weighted by Gasteiger charge is 2.33. The van der Waals surface area contributed by atoms with Crippen LogP contribution in [-0.4, -0.2) is 11.7 Å². The molecule has 0 atom stereocenters. The summed E-state index contributed by atoms with van der Waals surface area (Å²) in [5, 5.41) is 8.21. The van der Waals surface area contributed by atoms with Crippen LogP contribution >= 0.6 is 11.6 Å². The van der Waals surface area contributed by atoms with E-state index in [0.717, 1.165) is 6.07 Å². The molecule has 0 aliphatic carbocycles. The van der Waals surface area contributed by atoms with Gasteiger partial charge in [0.1, 0.15) is 0 Å². The van der Waals surface area contributed by atoms with Gasteiger partial charge in [0.2, 0.25) is 0 Å². The monoisotopic (exact) mass is 250 g/mol. The lowest BCUT2D eigenvalue weighted by atomic mass is 10.1. The molecule has 88 valence electrons. The highest BCUT2D eigenvalue weighted by atomic mass is 35.5. The minimum absolute atomic E-state index is 0.0315. The molecule has 1 aromatic carbocycles. The molecule has 0 unspecified atom stereocenters. The first-order chi connectivity index (χ1) is 7.45. The Morgan fingerprint density at radius 1 is 1.31 bits per heavy atom. The molecule has 0 heterocycles. The van der Waals surface area contributed by atoms with Crippen molar-refractivity contribution in [2.45, 2.75) is 12.6 Å². The van der Waals surface area contributed by atoms with E-state index in [2.05, 4.69) is 0 Å². The molecule has 0 spiro atoms. The molecule has 5 heteroatoms. The largest absolute Gasteiger partial charge is 0.417 e. The minimum atomic E-state index is -4.45. The summed E-state index contributed by atoms with van der Waals surface area (Å²) in [6, 6.07) is 3.69. The summed E-state index contributed by atoms with van der Waals surface area (Å²) in [5.41, 5.74) is -0.439. The van der Waals surface area contributed by atoms with Gasteiger partial charge in [-0.1, -0.05) is 29.8 Å². The molecule has 1 nitrogen and oxygen atoms in total. The molecule has 1 N–H and O–H groups in total. The average molecular weight is 251 g/mol. The number of halogens is 4. The maximum atomic E-state index is 12.5. The lowest BCUT2D eigenvalue weighted by molar-refractivity contribution is -0.137. The van der Waals surface area contributed by atoms with Crippen LogP contribution in [0.3, 0.4) is 0 Å². The summed E-state index contributed by atoms with van der Waals surface area (Å²) in [6.45, 7) is -0.0315. The second kappa shape index (κ2) is 5.37. The van der Waals surface area contributed by atoms with Crippen LogP contribution in [0.1, 0.15) is 17.5 Å². The van der Waals surface area contributed by atoms with E-state index in [0.29, 0.717) is 12.0 Å². The summed E-state index contributed by atoms with van der Waals surface area (Å²) in [4.78, 5) is 0. The predicted octanol–water partition coefficient (Wildman–Crippen LogP) is 3.75. The van der Waals surface area contributed by atoms with E-state index in [1.807, 2.05) is 0 Å². The van der Waals surface area contributed by atoms with Crippen LogP contribution in [-0.2, 0) is 6.18 Å². The number of aliphatic hydroxyl groups excluding tert-OH is 1. The number of aliphatic hydroxyl groups is 1. The fraction of sp³-hybridized carbons (Fsp3) is 0.273. The van der Waals surface area contributed by atoms with Crippen molar-refractivity contribution in [1.82, 2.24) is 0 Å². The fourth-order valence-corrected chi connectivity index (χ4v) is 1.38. The fourth-order valence-electron chi connectivity index (χ4n) is 1.16. The van der Waals surface area contributed by atoms with Crippen molar-refractivity contribution in [3.05, 3.63) is 40.4 Å². The SMILES string of the molecule is OCCC=Cc1ccc(Cl)c(C(F)(F)F)c1. The van der Waals surface area contributed by atoms with Crippen LogP contribution in [0.25, 0.3) is 6.08 Å². The molecule has 1 rings (SSSR count). The zero-order chi connectivity index (χ0) is 12.2. The van der Waals surface area contributed by atoms with Gasteiger partial charge in [0, 0.05) is 6.61 Å². The number of hydrogen-bond acceptors (Lipinski definition) is 1. The van der Waals surface area contributed by atoms with Gasteiger partial charge in [-0.05, 0) is 24.1 Å².